The van der Waals surface area contributed by atoms with Gasteiger partial charge in [-0.1, -0.05) is 23.8 Å². The third-order valence-corrected chi connectivity index (χ3v) is 2.56. The minimum absolute atomic E-state index is 0.0720. The van der Waals surface area contributed by atoms with Crippen LogP contribution in [0.5, 0.6) is 0 Å². The van der Waals surface area contributed by atoms with Gasteiger partial charge in [0, 0.05) is 25.7 Å². The quantitative estimate of drug-likeness (QED) is 0.479. The number of likely N-dealkylation sites (N-methyl/N-ethyl adjacent to an activating group) is 1. The standard InChI is InChI=1S/C12H13ClN2O3/c1-8(2)7-14(3)12(16)10-5-4-9(15(17)18)6-11(10)13/h4-6H,1,7H2,2-3H3. The summed E-state index contributed by atoms with van der Waals surface area (Å²) in [5.74, 6) is -0.294. The van der Waals surface area contributed by atoms with E-state index in [2.05, 4.69) is 6.58 Å². The molecule has 0 unspecified atom stereocenters. The summed E-state index contributed by atoms with van der Waals surface area (Å²) < 4.78 is 0. The van der Waals surface area contributed by atoms with Crippen molar-refractivity contribution in [2.75, 3.05) is 13.6 Å². The van der Waals surface area contributed by atoms with Crippen LogP contribution in [0.25, 0.3) is 0 Å². The van der Waals surface area contributed by atoms with Crippen molar-refractivity contribution in [3.8, 4) is 0 Å². The summed E-state index contributed by atoms with van der Waals surface area (Å²) >= 11 is 5.87. The highest BCUT2D eigenvalue weighted by Gasteiger charge is 2.17. The van der Waals surface area contributed by atoms with Gasteiger partial charge in [0.2, 0.25) is 0 Å². The number of nitro groups is 1. The van der Waals surface area contributed by atoms with Crippen LogP contribution in [-0.4, -0.2) is 29.3 Å². The average Bonchev–Trinajstić information content (AvgIpc) is 2.26. The minimum atomic E-state index is -0.558. The Balaban J connectivity index is 3.00. The van der Waals surface area contributed by atoms with Crippen molar-refractivity contribution >= 4 is 23.2 Å². The Morgan fingerprint density at radius 3 is 2.61 bits per heavy atom. The molecule has 6 heteroatoms. The molecule has 18 heavy (non-hydrogen) atoms. The number of nitrogens with zero attached hydrogens (tertiary/aromatic N) is 2. The van der Waals surface area contributed by atoms with E-state index < -0.39 is 4.92 Å². The van der Waals surface area contributed by atoms with Gasteiger partial charge in [0.1, 0.15) is 0 Å². The molecule has 0 radical (unpaired) electrons. The Kier molecular flexibility index (Phi) is 4.44. The van der Waals surface area contributed by atoms with Gasteiger partial charge in [0.25, 0.3) is 11.6 Å². The van der Waals surface area contributed by atoms with Gasteiger partial charge in [0.15, 0.2) is 0 Å². The molecule has 96 valence electrons. The van der Waals surface area contributed by atoms with Crippen molar-refractivity contribution < 1.29 is 9.72 Å². The SMILES string of the molecule is C=C(C)CN(C)C(=O)c1ccc([N+](=O)[O-])cc1Cl. The molecule has 0 aliphatic carbocycles. The van der Waals surface area contributed by atoms with E-state index in [0.717, 1.165) is 5.57 Å². The number of hydrogen-bond donors (Lipinski definition) is 0. The summed E-state index contributed by atoms with van der Waals surface area (Å²) in [4.78, 5) is 23.5. The molecule has 0 N–H and O–H groups in total. The first-order valence-electron chi connectivity index (χ1n) is 5.16. The summed E-state index contributed by atoms with van der Waals surface area (Å²) in [6.45, 7) is 5.93. The average molecular weight is 269 g/mol. The fourth-order valence-corrected chi connectivity index (χ4v) is 1.73. The Labute approximate surface area is 110 Å². The first-order chi connectivity index (χ1) is 8.32. The van der Waals surface area contributed by atoms with Crippen LogP contribution in [-0.2, 0) is 0 Å². The van der Waals surface area contributed by atoms with Crippen LogP contribution in [0.1, 0.15) is 17.3 Å². The lowest BCUT2D eigenvalue weighted by atomic mass is 10.1. The summed E-state index contributed by atoms with van der Waals surface area (Å²) in [5, 5.41) is 10.6. The van der Waals surface area contributed by atoms with Crippen LogP contribution in [0.4, 0.5) is 5.69 Å². The number of carbonyl (C=O) groups excluding carboxylic acids is 1. The molecule has 1 rings (SSSR count). The third-order valence-electron chi connectivity index (χ3n) is 2.25. The zero-order valence-corrected chi connectivity index (χ0v) is 10.9. The highest BCUT2D eigenvalue weighted by Crippen LogP contribution is 2.23. The highest BCUT2D eigenvalue weighted by atomic mass is 35.5. The number of benzene rings is 1. The van der Waals surface area contributed by atoms with Crippen molar-refractivity contribution in [1.82, 2.24) is 4.90 Å². The van der Waals surface area contributed by atoms with Gasteiger partial charge in [-0.15, -0.1) is 0 Å². The molecule has 0 aliphatic rings. The van der Waals surface area contributed by atoms with Crippen LogP contribution in [0, 0.1) is 10.1 Å². The maximum Gasteiger partial charge on any atom is 0.270 e. The molecule has 0 saturated carbocycles. The van der Waals surface area contributed by atoms with Crippen LogP contribution >= 0.6 is 11.6 Å². The minimum Gasteiger partial charge on any atom is -0.338 e. The van der Waals surface area contributed by atoms with Crippen molar-refractivity contribution in [3.63, 3.8) is 0 Å². The number of rotatable bonds is 4. The first kappa shape index (κ1) is 14.2. The number of carbonyl (C=O) groups is 1. The molecule has 0 bridgehead atoms. The number of hydrogen-bond acceptors (Lipinski definition) is 3. The second kappa shape index (κ2) is 5.64. The Morgan fingerprint density at radius 2 is 2.17 bits per heavy atom. The van der Waals surface area contributed by atoms with Crippen LogP contribution in [0.3, 0.4) is 0 Å². The maximum absolute atomic E-state index is 12.0. The molecule has 0 atom stereocenters. The zero-order chi connectivity index (χ0) is 13.9. The molecular weight excluding hydrogens is 256 g/mol. The van der Waals surface area contributed by atoms with Gasteiger partial charge in [-0.05, 0) is 13.0 Å². The Bertz CT molecular complexity index is 514. The van der Waals surface area contributed by atoms with Crippen molar-refractivity contribution in [1.29, 1.82) is 0 Å². The largest absolute Gasteiger partial charge is 0.338 e. The molecule has 0 spiro atoms. The first-order valence-corrected chi connectivity index (χ1v) is 5.54. The fraction of sp³-hybridized carbons (Fsp3) is 0.250. The van der Waals surface area contributed by atoms with Gasteiger partial charge >= 0.3 is 0 Å². The second-order valence-corrected chi connectivity index (χ2v) is 4.45. The van der Waals surface area contributed by atoms with E-state index in [4.69, 9.17) is 11.6 Å². The predicted molar refractivity (Wildman–Crippen MR) is 69.9 cm³/mol. The molecule has 5 nitrogen and oxygen atoms in total. The normalized spacial score (nSPS) is 9.94. The van der Waals surface area contributed by atoms with Gasteiger partial charge in [-0.3, -0.25) is 14.9 Å². The molecule has 0 aromatic heterocycles. The van der Waals surface area contributed by atoms with Gasteiger partial charge < -0.3 is 4.90 Å². The van der Waals surface area contributed by atoms with Gasteiger partial charge in [-0.2, -0.15) is 0 Å². The molecule has 1 amide bonds. The number of nitro benzene ring substituents is 1. The Morgan fingerprint density at radius 1 is 1.56 bits per heavy atom. The van der Waals surface area contributed by atoms with E-state index in [1.54, 1.807) is 14.0 Å². The summed E-state index contributed by atoms with van der Waals surface area (Å²) in [6.07, 6.45) is 0. The van der Waals surface area contributed by atoms with Gasteiger partial charge in [-0.25, -0.2) is 0 Å². The van der Waals surface area contributed by atoms with Crippen LogP contribution in [0.2, 0.25) is 5.02 Å². The van der Waals surface area contributed by atoms with E-state index in [1.165, 1.54) is 23.1 Å². The monoisotopic (exact) mass is 268 g/mol. The summed E-state index contributed by atoms with van der Waals surface area (Å²) in [6, 6.07) is 3.79. The molecule has 0 heterocycles. The van der Waals surface area contributed by atoms with Crippen molar-refractivity contribution in [2.45, 2.75) is 6.92 Å². The topological polar surface area (TPSA) is 63.5 Å². The smallest absolute Gasteiger partial charge is 0.270 e. The molecule has 1 aromatic rings. The van der Waals surface area contributed by atoms with E-state index >= 15 is 0 Å². The van der Waals surface area contributed by atoms with Gasteiger partial charge in [0.05, 0.1) is 15.5 Å². The molecule has 0 aliphatic heterocycles. The van der Waals surface area contributed by atoms with E-state index in [1.807, 2.05) is 0 Å². The third kappa shape index (κ3) is 3.30. The van der Waals surface area contributed by atoms with E-state index in [9.17, 15) is 14.9 Å². The fourth-order valence-electron chi connectivity index (χ4n) is 1.47. The lowest BCUT2D eigenvalue weighted by molar-refractivity contribution is -0.384. The van der Waals surface area contributed by atoms with Crippen molar-refractivity contribution in [2.24, 2.45) is 0 Å². The summed E-state index contributed by atoms with van der Waals surface area (Å²) in [5.41, 5.74) is 0.939. The highest BCUT2D eigenvalue weighted by molar-refractivity contribution is 6.34. The Hall–Kier alpha value is -1.88. The number of halogens is 1. The van der Waals surface area contributed by atoms with Crippen LogP contribution in [0.15, 0.2) is 30.4 Å². The van der Waals surface area contributed by atoms with E-state index in [0.29, 0.717) is 6.54 Å². The second-order valence-electron chi connectivity index (χ2n) is 4.04. The van der Waals surface area contributed by atoms with Crippen molar-refractivity contribution in [3.05, 3.63) is 51.1 Å². The number of amides is 1. The lowest BCUT2D eigenvalue weighted by Gasteiger charge is -2.17. The molecule has 0 fully saturated rings. The maximum atomic E-state index is 12.0. The molecule has 0 saturated heterocycles. The zero-order valence-electron chi connectivity index (χ0n) is 10.1. The molecular formula is C12H13ClN2O3. The lowest BCUT2D eigenvalue weighted by Crippen LogP contribution is -2.28. The predicted octanol–water partition coefficient (Wildman–Crippen LogP) is 2.90. The summed E-state index contributed by atoms with van der Waals surface area (Å²) in [7, 11) is 1.62. The van der Waals surface area contributed by atoms with E-state index in [-0.39, 0.29) is 22.2 Å². The van der Waals surface area contributed by atoms with Crippen LogP contribution < -0.4 is 0 Å². The number of non-ortho nitro benzene ring substituents is 1. The molecule has 1 aromatic carbocycles.